The van der Waals surface area contributed by atoms with Gasteiger partial charge in [-0.2, -0.15) is 0 Å². The fraction of sp³-hybridized carbons (Fsp3) is 0.538. The maximum absolute atomic E-state index is 9.10. The first-order valence-corrected chi connectivity index (χ1v) is 5.88. The Labute approximate surface area is 97.9 Å². The van der Waals surface area contributed by atoms with E-state index in [9.17, 15) is 0 Å². The third-order valence-electron chi connectivity index (χ3n) is 2.57. The van der Waals surface area contributed by atoms with E-state index in [-0.39, 0.29) is 12.5 Å². The van der Waals surface area contributed by atoms with Crippen molar-refractivity contribution in [3.63, 3.8) is 0 Å². The van der Waals surface area contributed by atoms with E-state index in [2.05, 4.69) is 24.8 Å². The normalized spacial score (nSPS) is 12.4. The van der Waals surface area contributed by atoms with Gasteiger partial charge in [-0.15, -0.1) is 0 Å². The topological polar surface area (TPSA) is 49.5 Å². The Balaban J connectivity index is 2.76. The molecule has 0 heterocycles. The lowest BCUT2D eigenvalue weighted by molar-refractivity contribution is 0.239. The lowest BCUT2D eigenvalue weighted by Gasteiger charge is -2.27. The van der Waals surface area contributed by atoms with Crippen molar-refractivity contribution in [2.75, 3.05) is 30.3 Å². The number of benzene rings is 1. The van der Waals surface area contributed by atoms with E-state index in [4.69, 9.17) is 10.8 Å². The maximum Gasteiger partial charge on any atom is 0.0473 e. The molecule has 0 aliphatic rings. The quantitative estimate of drug-likeness (QED) is 0.725. The Morgan fingerprint density at radius 1 is 1.44 bits per heavy atom. The molecule has 3 N–H and O–H groups in total. The monoisotopic (exact) mass is 222 g/mol. The van der Waals surface area contributed by atoms with Crippen LogP contribution in [0.25, 0.3) is 0 Å². The van der Waals surface area contributed by atoms with Gasteiger partial charge in [-0.05, 0) is 30.5 Å². The fourth-order valence-electron chi connectivity index (χ4n) is 1.75. The molecule has 0 aliphatic carbocycles. The number of hydrogen-bond donors (Lipinski definition) is 2. The molecule has 0 radical (unpaired) electrons. The van der Waals surface area contributed by atoms with E-state index < -0.39 is 0 Å². The molecule has 1 atom stereocenters. The summed E-state index contributed by atoms with van der Waals surface area (Å²) in [6.45, 7) is 6.29. The summed E-state index contributed by atoms with van der Waals surface area (Å²) in [5, 5.41) is 9.10. The zero-order valence-electron chi connectivity index (χ0n) is 10.2. The molecule has 0 saturated heterocycles. The van der Waals surface area contributed by atoms with Crippen LogP contribution >= 0.6 is 0 Å². The Morgan fingerprint density at radius 3 is 2.75 bits per heavy atom. The third-order valence-corrected chi connectivity index (χ3v) is 2.57. The molecule has 1 aromatic rings. The van der Waals surface area contributed by atoms with Crippen molar-refractivity contribution >= 4 is 11.4 Å². The van der Waals surface area contributed by atoms with Gasteiger partial charge in [0.1, 0.15) is 0 Å². The average Bonchev–Trinajstić information content (AvgIpc) is 2.28. The van der Waals surface area contributed by atoms with Gasteiger partial charge in [0.05, 0.1) is 0 Å². The molecule has 0 saturated carbocycles. The SMILES string of the molecule is CCCN(CC(C)CO)c1cccc(N)c1. The summed E-state index contributed by atoms with van der Waals surface area (Å²) in [5.41, 5.74) is 7.71. The lowest BCUT2D eigenvalue weighted by atomic mass is 10.1. The van der Waals surface area contributed by atoms with Gasteiger partial charge in [0.15, 0.2) is 0 Å². The Bertz CT molecular complexity index is 315. The molecule has 0 aromatic heterocycles. The van der Waals surface area contributed by atoms with Crippen LogP contribution < -0.4 is 10.6 Å². The Kier molecular flexibility index (Phi) is 5.12. The predicted molar refractivity (Wildman–Crippen MR) is 69.6 cm³/mol. The van der Waals surface area contributed by atoms with E-state index in [1.165, 1.54) is 0 Å². The van der Waals surface area contributed by atoms with Crippen molar-refractivity contribution in [3.8, 4) is 0 Å². The molecule has 3 heteroatoms. The van der Waals surface area contributed by atoms with Gasteiger partial charge in [0, 0.05) is 31.1 Å². The van der Waals surface area contributed by atoms with E-state index in [0.717, 1.165) is 30.9 Å². The van der Waals surface area contributed by atoms with Crippen LogP contribution in [-0.2, 0) is 0 Å². The van der Waals surface area contributed by atoms with Gasteiger partial charge < -0.3 is 15.7 Å². The molecular weight excluding hydrogens is 200 g/mol. The van der Waals surface area contributed by atoms with Crippen molar-refractivity contribution in [3.05, 3.63) is 24.3 Å². The third kappa shape index (κ3) is 3.74. The molecule has 3 nitrogen and oxygen atoms in total. The fourth-order valence-corrected chi connectivity index (χ4v) is 1.75. The van der Waals surface area contributed by atoms with Crippen molar-refractivity contribution in [1.29, 1.82) is 0 Å². The van der Waals surface area contributed by atoms with E-state index >= 15 is 0 Å². The van der Waals surface area contributed by atoms with Crippen LogP contribution in [0.3, 0.4) is 0 Å². The number of aliphatic hydroxyl groups excluding tert-OH is 1. The molecule has 0 aliphatic heterocycles. The van der Waals surface area contributed by atoms with Gasteiger partial charge in [-0.1, -0.05) is 19.9 Å². The largest absolute Gasteiger partial charge is 0.399 e. The molecule has 0 fully saturated rings. The Hall–Kier alpha value is -1.22. The first-order valence-electron chi connectivity index (χ1n) is 5.88. The standard InChI is InChI=1S/C13H22N2O/c1-3-7-15(9-11(2)10-16)13-6-4-5-12(14)8-13/h4-6,8,11,16H,3,7,9-10,14H2,1-2H3. The summed E-state index contributed by atoms with van der Waals surface area (Å²) in [4.78, 5) is 2.28. The van der Waals surface area contributed by atoms with Crippen LogP contribution in [0.15, 0.2) is 24.3 Å². The second kappa shape index (κ2) is 6.38. The second-order valence-electron chi connectivity index (χ2n) is 4.33. The lowest BCUT2D eigenvalue weighted by Crippen LogP contribution is -2.30. The summed E-state index contributed by atoms with van der Waals surface area (Å²) < 4.78 is 0. The van der Waals surface area contributed by atoms with Crippen molar-refractivity contribution in [1.82, 2.24) is 0 Å². The molecule has 90 valence electrons. The number of nitrogens with zero attached hydrogens (tertiary/aromatic N) is 1. The minimum Gasteiger partial charge on any atom is -0.399 e. The summed E-state index contributed by atoms with van der Waals surface area (Å²) in [7, 11) is 0. The molecule has 16 heavy (non-hydrogen) atoms. The smallest absolute Gasteiger partial charge is 0.0473 e. The number of nitrogen functional groups attached to an aromatic ring is 1. The zero-order chi connectivity index (χ0) is 12.0. The molecule has 1 rings (SSSR count). The summed E-state index contributed by atoms with van der Waals surface area (Å²) >= 11 is 0. The number of rotatable bonds is 6. The highest BCUT2D eigenvalue weighted by Crippen LogP contribution is 2.19. The van der Waals surface area contributed by atoms with Crippen molar-refractivity contribution in [2.24, 2.45) is 5.92 Å². The van der Waals surface area contributed by atoms with Crippen LogP contribution in [0.2, 0.25) is 0 Å². The zero-order valence-corrected chi connectivity index (χ0v) is 10.2. The first-order chi connectivity index (χ1) is 7.67. The molecular formula is C13H22N2O. The van der Waals surface area contributed by atoms with E-state index in [1.54, 1.807) is 0 Å². The van der Waals surface area contributed by atoms with Crippen molar-refractivity contribution < 1.29 is 5.11 Å². The summed E-state index contributed by atoms with van der Waals surface area (Å²) in [6.07, 6.45) is 1.09. The van der Waals surface area contributed by atoms with Crippen LogP contribution in [-0.4, -0.2) is 24.8 Å². The van der Waals surface area contributed by atoms with E-state index in [0.29, 0.717) is 0 Å². The number of aliphatic hydroxyl groups is 1. The highest BCUT2D eigenvalue weighted by molar-refractivity contribution is 5.55. The summed E-state index contributed by atoms with van der Waals surface area (Å²) in [6, 6.07) is 7.91. The molecule has 0 bridgehead atoms. The van der Waals surface area contributed by atoms with Crippen LogP contribution in [0.4, 0.5) is 11.4 Å². The summed E-state index contributed by atoms with van der Waals surface area (Å²) in [5.74, 6) is 0.285. The van der Waals surface area contributed by atoms with Gasteiger partial charge >= 0.3 is 0 Å². The van der Waals surface area contributed by atoms with Gasteiger partial charge in [-0.3, -0.25) is 0 Å². The number of hydrogen-bond acceptors (Lipinski definition) is 3. The van der Waals surface area contributed by atoms with Gasteiger partial charge in [-0.25, -0.2) is 0 Å². The van der Waals surface area contributed by atoms with Crippen LogP contribution in [0.1, 0.15) is 20.3 Å². The second-order valence-corrected chi connectivity index (χ2v) is 4.33. The average molecular weight is 222 g/mol. The molecule has 0 amide bonds. The number of anilines is 2. The highest BCUT2D eigenvalue weighted by atomic mass is 16.3. The molecule has 1 aromatic carbocycles. The maximum atomic E-state index is 9.10. The molecule has 1 unspecified atom stereocenters. The number of nitrogens with two attached hydrogens (primary N) is 1. The molecule has 0 spiro atoms. The van der Waals surface area contributed by atoms with Gasteiger partial charge in [0.25, 0.3) is 0 Å². The van der Waals surface area contributed by atoms with E-state index in [1.807, 2.05) is 18.2 Å². The predicted octanol–water partition coefficient (Wildman–Crippen LogP) is 2.11. The first kappa shape index (κ1) is 12.8. The minimum atomic E-state index is 0.225. The van der Waals surface area contributed by atoms with Crippen molar-refractivity contribution in [2.45, 2.75) is 20.3 Å². The Morgan fingerprint density at radius 2 is 2.19 bits per heavy atom. The highest BCUT2D eigenvalue weighted by Gasteiger charge is 2.09. The van der Waals surface area contributed by atoms with Gasteiger partial charge in [0.2, 0.25) is 0 Å². The van der Waals surface area contributed by atoms with Crippen LogP contribution in [0, 0.1) is 5.92 Å². The minimum absolute atomic E-state index is 0.225. The van der Waals surface area contributed by atoms with Crippen LogP contribution in [0.5, 0.6) is 0 Å².